The maximum absolute atomic E-state index is 8.05. The first-order valence-corrected chi connectivity index (χ1v) is 2.74. The number of ether oxygens (including phenoxy) is 1. The third kappa shape index (κ3) is 3.57. The Morgan fingerprint density at radius 2 is 2.50 bits per heavy atom. The number of thiocarbonyl (C=S) groups is 1. The largest absolute Gasteiger partial charge is 0.486 e. The lowest BCUT2D eigenvalue weighted by Gasteiger charge is -1.96. The van der Waals surface area contributed by atoms with E-state index in [1.54, 1.807) is 0 Å². The second kappa shape index (κ2) is 4.54. The van der Waals surface area contributed by atoms with Gasteiger partial charge in [0.25, 0.3) is 0 Å². The van der Waals surface area contributed by atoms with Gasteiger partial charge in [-0.1, -0.05) is 0 Å². The second-order valence-corrected chi connectivity index (χ2v) is 1.60. The smallest absolute Gasteiger partial charge is 0.173 e. The quantitative estimate of drug-likeness (QED) is 0.526. The minimum atomic E-state index is 0.225. The third-order valence-electron chi connectivity index (χ3n) is 0.529. The lowest BCUT2D eigenvalue weighted by Crippen LogP contribution is -1.98. The zero-order valence-electron chi connectivity index (χ0n) is 4.68. The van der Waals surface area contributed by atoms with Crippen LogP contribution in [0.15, 0.2) is 0 Å². The van der Waals surface area contributed by atoms with Gasteiger partial charge in [0.05, 0.1) is 12.7 Å². The number of rotatable bonds is 2. The van der Waals surface area contributed by atoms with E-state index in [-0.39, 0.29) is 6.42 Å². The minimum absolute atomic E-state index is 0.225. The number of hydrogen-bond donors (Lipinski definition) is 0. The van der Waals surface area contributed by atoms with Crippen molar-refractivity contribution in [1.82, 2.24) is 0 Å². The molecule has 0 aromatic heterocycles. The highest BCUT2D eigenvalue weighted by molar-refractivity contribution is 7.80. The SMILES string of the molecule is CCOC(=S)CC#N. The highest BCUT2D eigenvalue weighted by Gasteiger charge is 1.90. The summed E-state index contributed by atoms with van der Waals surface area (Å²) in [4.78, 5) is 0. The predicted octanol–water partition coefficient (Wildman–Crippen LogP) is 1.26. The predicted molar refractivity (Wildman–Crippen MR) is 34.5 cm³/mol. The van der Waals surface area contributed by atoms with Crippen LogP contribution in [0, 0.1) is 11.3 Å². The van der Waals surface area contributed by atoms with Crippen LogP contribution in [0.2, 0.25) is 0 Å². The molecule has 0 saturated carbocycles. The number of hydrogen-bond acceptors (Lipinski definition) is 3. The molecule has 0 fully saturated rings. The van der Waals surface area contributed by atoms with Gasteiger partial charge >= 0.3 is 0 Å². The van der Waals surface area contributed by atoms with Gasteiger partial charge in [-0.25, -0.2) is 0 Å². The summed E-state index contributed by atoms with van der Waals surface area (Å²) in [6.07, 6.45) is 0.225. The molecular weight excluding hydrogens is 122 g/mol. The van der Waals surface area contributed by atoms with E-state index < -0.39 is 0 Å². The molecule has 2 nitrogen and oxygen atoms in total. The highest BCUT2D eigenvalue weighted by atomic mass is 32.1. The van der Waals surface area contributed by atoms with Gasteiger partial charge in [0.2, 0.25) is 0 Å². The first-order chi connectivity index (χ1) is 3.81. The molecule has 3 heteroatoms. The van der Waals surface area contributed by atoms with E-state index in [1.807, 2.05) is 13.0 Å². The lowest BCUT2D eigenvalue weighted by molar-refractivity contribution is 0.331. The van der Waals surface area contributed by atoms with Crippen molar-refractivity contribution in [3.05, 3.63) is 0 Å². The standard InChI is InChI=1S/C5H7NOS/c1-2-7-5(8)3-4-6/h2-3H2,1H3. The molecule has 0 spiro atoms. The van der Waals surface area contributed by atoms with E-state index in [9.17, 15) is 0 Å². The maximum atomic E-state index is 8.05. The molecule has 0 aromatic rings. The summed E-state index contributed by atoms with van der Waals surface area (Å²) in [7, 11) is 0. The van der Waals surface area contributed by atoms with E-state index >= 15 is 0 Å². The normalized spacial score (nSPS) is 7.50. The minimum Gasteiger partial charge on any atom is -0.486 e. The van der Waals surface area contributed by atoms with Crippen molar-refractivity contribution in [2.45, 2.75) is 13.3 Å². The molecule has 0 bridgehead atoms. The van der Waals surface area contributed by atoms with Crippen molar-refractivity contribution in [2.24, 2.45) is 0 Å². The molecular formula is C5H7NOS. The molecule has 0 rings (SSSR count). The van der Waals surface area contributed by atoms with Crippen LogP contribution in [-0.4, -0.2) is 11.7 Å². The Balaban J connectivity index is 3.23. The first kappa shape index (κ1) is 7.38. The molecule has 0 aliphatic heterocycles. The summed E-state index contributed by atoms with van der Waals surface area (Å²) in [6.45, 7) is 2.39. The number of nitrogens with zero attached hydrogens (tertiary/aromatic N) is 1. The van der Waals surface area contributed by atoms with Gasteiger partial charge in [0.1, 0.15) is 6.42 Å². The molecule has 0 N–H and O–H groups in total. The average molecular weight is 129 g/mol. The fraction of sp³-hybridized carbons (Fsp3) is 0.600. The van der Waals surface area contributed by atoms with Gasteiger partial charge in [-0.05, 0) is 19.1 Å². The van der Waals surface area contributed by atoms with Crippen LogP contribution in [0.5, 0.6) is 0 Å². The van der Waals surface area contributed by atoms with Crippen molar-refractivity contribution in [2.75, 3.05) is 6.61 Å². The van der Waals surface area contributed by atoms with Gasteiger partial charge < -0.3 is 4.74 Å². The molecule has 0 radical (unpaired) electrons. The molecule has 0 aliphatic carbocycles. The van der Waals surface area contributed by atoms with Crippen molar-refractivity contribution in [3.8, 4) is 6.07 Å². The van der Waals surface area contributed by atoms with Crippen molar-refractivity contribution in [1.29, 1.82) is 5.26 Å². The maximum Gasteiger partial charge on any atom is 0.173 e. The Morgan fingerprint density at radius 1 is 1.88 bits per heavy atom. The van der Waals surface area contributed by atoms with Gasteiger partial charge in [0.15, 0.2) is 5.05 Å². The first-order valence-electron chi connectivity index (χ1n) is 2.33. The van der Waals surface area contributed by atoms with E-state index in [2.05, 4.69) is 12.2 Å². The summed E-state index contributed by atoms with van der Waals surface area (Å²) >= 11 is 4.61. The summed E-state index contributed by atoms with van der Waals surface area (Å²) in [6, 6.07) is 1.89. The Morgan fingerprint density at radius 3 is 2.88 bits per heavy atom. The Labute approximate surface area is 54.1 Å². The van der Waals surface area contributed by atoms with Crippen LogP contribution in [0.3, 0.4) is 0 Å². The van der Waals surface area contributed by atoms with Crippen molar-refractivity contribution < 1.29 is 4.74 Å². The average Bonchev–Trinajstić information content (AvgIpc) is 1.68. The van der Waals surface area contributed by atoms with Crippen LogP contribution in [0.1, 0.15) is 13.3 Å². The molecule has 0 heterocycles. The second-order valence-electron chi connectivity index (χ2n) is 1.14. The van der Waals surface area contributed by atoms with Crippen LogP contribution >= 0.6 is 12.2 Å². The molecule has 0 aliphatic rings. The van der Waals surface area contributed by atoms with Crippen molar-refractivity contribution in [3.63, 3.8) is 0 Å². The Bertz CT molecular complexity index is 116. The number of nitriles is 1. The van der Waals surface area contributed by atoms with Crippen LogP contribution in [0.25, 0.3) is 0 Å². The molecule has 8 heavy (non-hydrogen) atoms. The van der Waals surface area contributed by atoms with Gasteiger partial charge in [0, 0.05) is 0 Å². The topological polar surface area (TPSA) is 33.0 Å². The summed E-state index contributed by atoms with van der Waals surface area (Å²) in [5.41, 5.74) is 0. The molecule has 0 amide bonds. The zero-order valence-corrected chi connectivity index (χ0v) is 5.49. The van der Waals surface area contributed by atoms with Gasteiger partial charge in [-0.15, -0.1) is 0 Å². The molecule has 0 unspecified atom stereocenters. The molecule has 0 atom stereocenters. The van der Waals surface area contributed by atoms with Crippen LogP contribution < -0.4 is 0 Å². The van der Waals surface area contributed by atoms with Gasteiger partial charge in [-0.2, -0.15) is 5.26 Å². The summed E-state index contributed by atoms with van der Waals surface area (Å²) < 4.78 is 4.79. The summed E-state index contributed by atoms with van der Waals surface area (Å²) in [5.74, 6) is 0. The summed E-state index contributed by atoms with van der Waals surface area (Å²) in [5, 5.41) is 8.43. The molecule has 0 saturated heterocycles. The van der Waals surface area contributed by atoms with E-state index in [0.29, 0.717) is 11.7 Å². The Hall–Kier alpha value is -0.620. The van der Waals surface area contributed by atoms with E-state index in [1.165, 1.54) is 0 Å². The van der Waals surface area contributed by atoms with E-state index in [4.69, 9.17) is 10.00 Å². The van der Waals surface area contributed by atoms with Crippen LogP contribution in [0.4, 0.5) is 0 Å². The third-order valence-corrected chi connectivity index (χ3v) is 0.791. The fourth-order valence-electron chi connectivity index (χ4n) is 0.277. The molecule has 0 aromatic carbocycles. The monoisotopic (exact) mass is 129 g/mol. The highest BCUT2D eigenvalue weighted by Crippen LogP contribution is 1.85. The lowest BCUT2D eigenvalue weighted by atomic mass is 10.5. The van der Waals surface area contributed by atoms with Gasteiger partial charge in [-0.3, -0.25) is 0 Å². The zero-order chi connectivity index (χ0) is 6.41. The van der Waals surface area contributed by atoms with Crippen LogP contribution in [-0.2, 0) is 4.74 Å². The van der Waals surface area contributed by atoms with Crippen molar-refractivity contribution >= 4 is 17.3 Å². The Kier molecular flexibility index (Phi) is 4.19. The van der Waals surface area contributed by atoms with E-state index in [0.717, 1.165) is 0 Å². The fourth-order valence-corrected chi connectivity index (χ4v) is 0.459. The molecule has 44 valence electrons.